The van der Waals surface area contributed by atoms with Gasteiger partial charge in [0.05, 0.1) is 18.3 Å². The van der Waals surface area contributed by atoms with Crippen molar-refractivity contribution in [2.45, 2.75) is 24.2 Å². The molecule has 0 radical (unpaired) electrons. The van der Waals surface area contributed by atoms with E-state index in [1.165, 1.54) is 23.9 Å². The minimum atomic E-state index is -0.318. The zero-order chi connectivity index (χ0) is 24.2. The van der Waals surface area contributed by atoms with Gasteiger partial charge >= 0.3 is 0 Å². The predicted octanol–water partition coefficient (Wildman–Crippen LogP) is 3.42. The average molecular weight is 486 g/mol. The molecule has 0 fully saturated rings. The van der Waals surface area contributed by atoms with Gasteiger partial charge in [-0.2, -0.15) is 0 Å². The van der Waals surface area contributed by atoms with E-state index in [9.17, 15) is 9.18 Å². The Bertz CT molecular complexity index is 1140. The number of thioether (sulfide) groups is 1. The number of carbonyl (C=O) groups is 1. The molecule has 8 nitrogen and oxygen atoms in total. The summed E-state index contributed by atoms with van der Waals surface area (Å²) in [5.41, 5.74) is 0.741. The van der Waals surface area contributed by atoms with Gasteiger partial charge in [-0.3, -0.25) is 14.3 Å². The van der Waals surface area contributed by atoms with Crippen molar-refractivity contribution in [2.75, 3.05) is 40.0 Å². The summed E-state index contributed by atoms with van der Waals surface area (Å²) in [7, 11) is 5.65. The molecule has 0 saturated carbocycles. The SMILES string of the molecule is CC(c1nnc(SCC(=O)N(C)CC2COc3ccccc3O2)n1-c1ccc(F)cc1)N(C)C. The van der Waals surface area contributed by atoms with Crippen molar-refractivity contribution in [1.29, 1.82) is 0 Å². The van der Waals surface area contributed by atoms with Crippen LogP contribution in [-0.4, -0.2) is 76.6 Å². The lowest BCUT2D eigenvalue weighted by Crippen LogP contribution is -2.42. The second-order valence-electron chi connectivity index (χ2n) is 8.35. The first kappa shape index (κ1) is 24.0. The zero-order valence-corrected chi connectivity index (χ0v) is 20.5. The minimum Gasteiger partial charge on any atom is -0.486 e. The second-order valence-corrected chi connectivity index (χ2v) is 9.30. The van der Waals surface area contributed by atoms with Gasteiger partial charge in [-0.25, -0.2) is 4.39 Å². The van der Waals surface area contributed by atoms with Gasteiger partial charge in [-0.15, -0.1) is 10.2 Å². The fourth-order valence-corrected chi connectivity index (χ4v) is 4.41. The smallest absolute Gasteiger partial charge is 0.232 e. The third-order valence-electron chi connectivity index (χ3n) is 5.69. The number of hydrogen-bond donors (Lipinski definition) is 0. The van der Waals surface area contributed by atoms with Gasteiger partial charge in [0.15, 0.2) is 28.6 Å². The van der Waals surface area contributed by atoms with Crippen molar-refractivity contribution in [3.8, 4) is 17.2 Å². The van der Waals surface area contributed by atoms with Gasteiger partial charge < -0.3 is 14.4 Å². The van der Waals surface area contributed by atoms with Gasteiger partial charge in [0.2, 0.25) is 5.91 Å². The molecule has 2 heterocycles. The van der Waals surface area contributed by atoms with E-state index >= 15 is 0 Å². The number of halogens is 1. The van der Waals surface area contributed by atoms with Crippen LogP contribution in [0.2, 0.25) is 0 Å². The maximum atomic E-state index is 13.5. The van der Waals surface area contributed by atoms with Crippen molar-refractivity contribution in [3.05, 3.63) is 60.2 Å². The molecule has 0 spiro atoms. The number of para-hydroxylation sites is 2. The molecule has 4 rings (SSSR count). The Balaban J connectivity index is 1.43. The average Bonchev–Trinajstić information content (AvgIpc) is 3.26. The fourth-order valence-electron chi connectivity index (χ4n) is 3.51. The summed E-state index contributed by atoms with van der Waals surface area (Å²) in [5, 5.41) is 9.27. The number of rotatable bonds is 8. The number of hydrogen-bond acceptors (Lipinski definition) is 7. The number of ether oxygens (including phenoxy) is 2. The molecule has 1 aliphatic rings. The van der Waals surface area contributed by atoms with Crippen LogP contribution in [0.3, 0.4) is 0 Å². The molecule has 0 bridgehead atoms. The number of nitrogens with zero attached hydrogens (tertiary/aromatic N) is 5. The van der Waals surface area contributed by atoms with E-state index in [1.54, 1.807) is 24.1 Å². The number of benzene rings is 2. The maximum Gasteiger partial charge on any atom is 0.232 e. The molecule has 10 heteroatoms. The summed E-state index contributed by atoms with van der Waals surface area (Å²) in [6, 6.07) is 13.6. The summed E-state index contributed by atoms with van der Waals surface area (Å²) >= 11 is 1.30. The van der Waals surface area contributed by atoms with Crippen LogP contribution in [0, 0.1) is 5.82 Å². The van der Waals surface area contributed by atoms with Gasteiger partial charge in [0, 0.05) is 12.7 Å². The molecule has 0 N–H and O–H groups in total. The third kappa shape index (κ3) is 5.34. The Morgan fingerprint density at radius 2 is 1.85 bits per heavy atom. The van der Waals surface area contributed by atoms with Gasteiger partial charge in [0.25, 0.3) is 0 Å². The fraction of sp³-hybridized carbons (Fsp3) is 0.375. The second kappa shape index (κ2) is 10.4. The standard InChI is InChI=1S/C24H28FN5O3S/c1-16(28(2)3)23-26-27-24(30(23)18-11-9-17(25)10-12-18)34-15-22(31)29(4)13-19-14-32-20-7-5-6-8-21(20)33-19/h5-12,16,19H,13-15H2,1-4H3. The molecular formula is C24H28FN5O3S. The van der Waals surface area contributed by atoms with Crippen LogP contribution < -0.4 is 9.47 Å². The first-order valence-electron chi connectivity index (χ1n) is 11.0. The molecule has 2 atom stereocenters. The first-order chi connectivity index (χ1) is 16.3. The van der Waals surface area contributed by atoms with E-state index in [-0.39, 0.29) is 29.6 Å². The van der Waals surface area contributed by atoms with Crippen molar-refractivity contribution in [2.24, 2.45) is 0 Å². The summed E-state index contributed by atoms with van der Waals surface area (Å²) < 4.78 is 27.1. The van der Waals surface area contributed by atoms with Crippen LogP contribution in [0.4, 0.5) is 4.39 Å². The van der Waals surface area contributed by atoms with Crippen molar-refractivity contribution in [3.63, 3.8) is 0 Å². The van der Waals surface area contributed by atoms with E-state index < -0.39 is 0 Å². The molecular weight excluding hydrogens is 457 g/mol. The maximum absolute atomic E-state index is 13.5. The number of aromatic nitrogens is 3. The Morgan fingerprint density at radius 3 is 2.56 bits per heavy atom. The van der Waals surface area contributed by atoms with E-state index in [0.29, 0.717) is 35.6 Å². The highest BCUT2D eigenvalue weighted by atomic mass is 32.2. The topological polar surface area (TPSA) is 72.7 Å². The van der Waals surface area contributed by atoms with Crippen molar-refractivity contribution >= 4 is 17.7 Å². The minimum absolute atomic E-state index is 0.0309. The third-order valence-corrected chi connectivity index (χ3v) is 6.60. The van der Waals surface area contributed by atoms with Gasteiger partial charge in [0.1, 0.15) is 12.4 Å². The predicted molar refractivity (Wildman–Crippen MR) is 128 cm³/mol. The zero-order valence-electron chi connectivity index (χ0n) is 19.6. The van der Waals surface area contributed by atoms with Gasteiger partial charge in [-0.05, 0) is 57.4 Å². The summed E-state index contributed by atoms with van der Waals surface area (Å²) in [5.74, 6) is 1.90. The quantitative estimate of drug-likeness (QED) is 0.453. The lowest BCUT2D eigenvalue weighted by atomic mass is 10.2. The molecule has 1 aliphatic heterocycles. The molecule has 1 aromatic heterocycles. The molecule has 0 aliphatic carbocycles. The molecule has 2 unspecified atom stereocenters. The van der Waals surface area contributed by atoms with Crippen LogP contribution in [-0.2, 0) is 4.79 Å². The normalized spacial score (nSPS) is 15.9. The van der Waals surface area contributed by atoms with Crippen molar-refractivity contribution in [1.82, 2.24) is 24.6 Å². The van der Waals surface area contributed by atoms with E-state index in [0.717, 1.165) is 5.69 Å². The number of amides is 1. The van der Waals surface area contributed by atoms with Crippen molar-refractivity contribution < 1.29 is 18.7 Å². The van der Waals surface area contributed by atoms with Crippen LogP contribution in [0.15, 0.2) is 53.7 Å². The molecule has 0 saturated heterocycles. The Morgan fingerprint density at radius 1 is 1.15 bits per heavy atom. The molecule has 3 aromatic rings. The Hall–Kier alpha value is -3.11. The monoisotopic (exact) mass is 485 g/mol. The lowest BCUT2D eigenvalue weighted by Gasteiger charge is -2.29. The summed E-state index contributed by atoms with van der Waals surface area (Å²) in [4.78, 5) is 16.5. The van der Waals surface area contributed by atoms with Crippen LogP contribution in [0.5, 0.6) is 11.5 Å². The summed E-state index contributed by atoms with van der Waals surface area (Å²) in [6.45, 7) is 2.80. The number of likely N-dealkylation sites (N-methyl/N-ethyl adjacent to an activating group) is 1. The van der Waals surface area contributed by atoms with Gasteiger partial charge in [-0.1, -0.05) is 23.9 Å². The van der Waals surface area contributed by atoms with Crippen LogP contribution in [0.25, 0.3) is 5.69 Å². The molecule has 1 amide bonds. The first-order valence-corrected chi connectivity index (χ1v) is 11.9. The van der Waals surface area contributed by atoms with E-state index in [2.05, 4.69) is 10.2 Å². The molecule has 180 valence electrons. The Labute approximate surface area is 202 Å². The highest BCUT2D eigenvalue weighted by molar-refractivity contribution is 7.99. The summed E-state index contributed by atoms with van der Waals surface area (Å²) in [6.07, 6.45) is -0.246. The lowest BCUT2D eigenvalue weighted by molar-refractivity contribution is -0.128. The highest BCUT2D eigenvalue weighted by Gasteiger charge is 2.25. The van der Waals surface area contributed by atoms with Crippen LogP contribution in [0.1, 0.15) is 18.8 Å². The highest BCUT2D eigenvalue weighted by Crippen LogP contribution is 2.31. The van der Waals surface area contributed by atoms with Crippen LogP contribution >= 0.6 is 11.8 Å². The Kier molecular flexibility index (Phi) is 7.38. The van der Waals surface area contributed by atoms with E-state index in [4.69, 9.17) is 9.47 Å². The number of fused-ring (bicyclic) bond motifs is 1. The largest absolute Gasteiger partial charge is 0.486 e. The number of carbonyl (C=O) groups excluding carboxylic acids is 1. The molecule has 2 aromatic carbocycles. The van der Waals surface area contributed by atoms with E-state index in [1.807, 2.05) is 54.8 Å². The molecule has 34 heavy (non-hydrogen) atoms.